The van der Waals surface area contributed by atoms with E-state index in [1.54, 1.807) is 0 Å². The van der Waals surface area contributed by atoms with Crippen LogP contribution in [-0.2, 0) is 9.53 Å². The Bertz CT molecular complexity index is 124. The largest absolute Gasteiger partial charge is 0.457 e. The van der Waals surface area contributed by atoms with Crippen LogP contribution in [-0.4, -0.2) is 13.1 Å². The smallest absolute Gasteiger partial charge is 0.417 e. The van der Waals surface area contributed by atoms with Crippen LogP contribution in [0.2, 0.25) is 0 Å². The molecule has 0 N–H and O–H groups in total. The summed E-state index contributed by atoms with van der Waals surface area (Å²) in [5, 5.41) is 0. The van der Waals surface area contributed by atoms with Crippen LogP contribution in [0.4, 0.5) is 0 Å². The van der Waals surface area contributed by atoms with E-state index < -0.39 is 0 Å². The van der Waals surface area contributed by atoms with E-state index in [-0.39, 0.29) is 0 Å². The molecule has 2 heteroatoms. The van der Waals surface area contributed by atoms with Gasteiger partial charge in [0, 0.05) is 0 Å². The van der Waals surface area contributed by atoms with Gasteiger partial charge in [-0.1, -0.05) is 27.7 Å². The molecule has 0 spiro atoms. The maximum atomic E-state index is 9.76. The Balaban J connectivity index is 3.43. The minimum absolute atomic E-state index is 0.374. The van der Waals surface area contributed by atoms with Gasteiger partial charge in [0.2, 0.25) is 0 Å². The number of ether oxygens (including phenoxy) is 1. The predicted octanol–water partition coefficient (Wildman–Crippen LogP) is 2.53. The van der Waals surface area contributed by atoms with Crippen molar-refractivity contribution in [3.05, 3.63) is 0 Å². The fourth-order valence-electron chi connectivity index (χ4n) is 0.939. The molecule has 0 aromatic rings. The van der Waals surface area contributed by atoms with Gasteiger partial charge in [0.15, 0.2) is 0 Å². The number of hydrogen-bond donors (Lipinski definition) is 0. The highest BCUT2D eigenvalue weighted by atomic mass is 16.5. The van der Waals surface area contributed by atoms with Crippen LogP contribution in [0.3, 0.4) is 0 Å². The van der Waals surface area contributed by atoms with Crippen molar-refractivity contribution in [3.8, 4) is 0 Å². The third-order valence-corrected chi connectivity index (χ3v) is 1.81. The molecule has 0 aliphatic rings. The number of hydrogen-bond acceptors (Lipinski definition) is 2. The van der Waals surface area contributed by atoms with Gasteiger partial charge >= 0.3 is 6.47 Å². The molecule has 0 aromatic carbocycles. The molecule has 0 heterocycles. The van der Waals surface area contributed by atoms with Gasteiger partial charge in [-0.3, -0.25) is 0 Å². The fraction of sp³-hybridized carbons (Fsp3) is 0.900. The van der Waals surface area contributed by atoms with Crippen LogP contribution in [0.15, 0.2) is 0 Å². The van der Waals surface area contributed by atoms with E-state index in [1.807, 2.05) is 0 Å². The second-order valence-electron chi connectivity index (χ2n) is 4.60. The van der Waals surface area contributed by atoms with Crippen molar-refractivity contribution in [3.63, 3.8) is 0 Å². The summed E-state index contributed by atoms with van der Waals surface area (Å²) in [6, 6.07) is 0. The minimum Gasteiger partial charge on any atom is -0.457 e. The van der Waals surface area contributed by atoms with Crippen molar-refractivity contribution in [1.82, 2.24) is 0 Å². The SMILES string of the molecule is CC(CCC(C)(C)C)CO[C]=O. The third kappa shape index (κ3) is 7.58. The Morgan fingerprint density at radius 2 is 2.00 bits per heavy atom. The van der Waals surface area contributed by atoms with Crippen molar-refractivity contribution in [2.45, 2.75) is 40.5 Å². The van der Waals surface area contributed by atoms with Crippen molar-refractivity contribution < 1.29 is 9.53 Å². The molecule has 0 rings (SSSR count). The van der Waals surface area contributed by atoms with Crippen LogP contribution in [0.1, 0.15) is 40.5 Å². The summed E-state index contributed by atoms with van der Waals surface area (Å²) in [7, 11) is 0. The van der Waals surface area contributed by atoms with Gasteiger partial charge in [0.05, 0.1) is 6.61 Å². The first-order valence-electron chi connectivity index (χ1n) is 4.44. The highest BCUT2D eigenvalue weighted by Crippen LogP contribution is 2.23. The lowest BCUT2D eigenvalue weighted by atomic mass is 9.87. The summed E-state index contributed by atoms with van der Waals surface area (Å²) in [6.07, 6.45) is 2.27. The van der Waals surface area contributed by atoms with E-state index in [9.17, 15) is 4.79 Å². The highest BCUT2D eigenvalue weighted by molar-refractivity contribution is 5.38. The lowest BCUT2D eigenvalue weighted by Gasteiger charge is -2.20. The molecule has 12 heavy (non-hydrogen) atoms. The summed E-state index contributed by atoms with van der Waals surface area (Å²) >= 11 is 0. The molecule has 0 aromatic heterocycles. The van der Waals surface area contributed by atoms with Crippen molar-refractivity contribution in [1.29, 1.82) is 0 Å². The monoisotopic (exact) mass is 171 g/mol. The lowest BCUT2D eigenvalue weighted by Crippen LogP contribution is -2.11. The zero-order valence-corrected chi connectivity index (χ0v) is 8.52. The van der Waals surface area contributed by atoms with E-state index in [0.29, 0.717) is 17.9 Å². The van der Waals surface area contributed by atoms with E-state index >= 15 is 0 Å². The Morgan fingerprint density at radius 1 is 1.42 bits per heavy atom. The molecule has 0 amide bonds. The third-order valence-electron chi connectivity index (χ3n) is 1.81. The van der Waals surface area contributed by atoms with Crippen molar-refractivity contribution >= 4 is 6.47 Å². The predicted molar refractivity (Wildman–Crippen MR) is 49.5 cm³/mol. The highest BCUT2D eigenvalue weighted by Gasteiger charge is 2.12. The molecule has 0 bridgehead atoms. The van der Waals surface area contributed by atoms with Gasteiger partial charge in [-0.2, -0.15) is 0 Å². The summed E-state index contributed by atoms with van der Waals surface area (Å²) < 4.78 is 4.55. The maximum absolute atomic E-state index is 9.76. The molecule has 0 saturated heterocycles. The van der Waals surface area contributed by atoms with Crippen molar-refractivity contribution in [2.24, 2.45) is 11.3 Å². The van der Waals surface area contributed by atoms with Gasteiger partial charge in [-0.25, -0.2) is 4.79 Å². The maximum Gasteiger partial charge on any atom is 0.417 e. The summed E-state index contributed by atoms with van der Waals surface area (Å²) in [5.74, 6) is 0.450. The minimum atomic E-state index is 0.374. The molecule has 71 valence electrons. The zero-order valence-electron chi connectivity index (χ0n) is 8.52. The first-order chi connectivity index (χ1) is 5.45. The molecule has 2 nitrogen and oxygen atoms in total. The van der Waals surface area contributed by atoms with Crippen molar-refractivity contribution in [2.75, 3.05) is 6.61 Å². The van der Waals surface area contributed by atoms with E-state index in [0.717, 1.165) is 12.8 Å². The quantitative estimate of drug-likeness (QED) is 0.635. The molecular weight excluding hydrogens is 152 g/mol. The molecule has 0 saturated carbocycles. The fourth-order valence-corrected chi connectivity index (χ4v) is 0.939. The Labute approximate surface area is 75.3 Å². The van der Waals surface area contributed by atoms with Crippen LogP contribution in [0.25, 0.3) is 0 Å². The summed E-state index contributed by atoms with van der Waals surface area (Å²) in [6.45, 7) is 10.7. The second-order valence-corrected chi connectivity index (χ2v) is 4.60. The molecular formula is C10H19O2. The average molecular weight is 171 g/mol. The molecule has 0 aliphatic heterocycles. The molecule has 1 unspecified atom stereocenters. The Morgan fingerprint density at radius 3 is 2.42 bits per heavy atom. The first-order valence-corrected chi connectivity index (χ1v) is 4.44. The van der Waals surface area contributed by atoms with E-state index in [4.69, 9.17) is 0 Å². The average Bonchev–Trinajstić information content (AvgIpc) is 1.95. The molecule has 1 atom stereocenters. The second kappa shape index (κ2) is 5.18. The summed E-state index contributed by atoms with van der Waals surface area (Å²) in [5.41, 5.74) is 0.374. The number of carbonyl (C=O) groups excluding carboxylic acids is 1. The van der Waals surface area contributed by atoms with Crippen LogP contribution in [0, 0.1) is 11.3 Å². The lowest BCUT2D eigenvalue weighted by molar-refractivity contribution is 0.210. The number of rotatable bonds is 5. The van der Waals surface area contributed by atoms with E-state index in [2.05, 4.69) is 32.4 Å². The Kier molecular flexibility index (Phi) is 4.95. The zero-order chi connectivity index (χ0) is 9.61. The Hall–Kier alpha value is -0.530. The van der Waals surface area contributed by atoms with Gasteiger partial charge in [0.25, 0.3) is 0 Å². The van der Waals surface area contributed by atoms with Crippen LogP contribution >= 0.6 is 0 Å². The van der Waals surface area contributed by atoms with Crippen LogP contribution < -0.4 is 0 Å². The summed E-state index contributed by atoms with van der Waals surface area (Å²) in [4.78, 5) is 9.76. The topological polar surface area (TPSA) is 26.3 Å². The molecule has 0 fully saturated rings. The van der Waals surface area contributed by atoms with E-state index in [1.165, 1.54) is 6.47 Å². The van der Waals surface area contributed by atoms with Crippen LogP contribution in [0.5, 0.6) is 0 Å². The first kappa shape index (κ1) is 11.5. The molecule has 1 radical (unpaired) electrons. The van der Waals surface area contributed by atoms with Gasteiger partial charge < -0.3 is 4.74 Å². The van der Waals surface area contributed by atoms with Gasteiger partial charge in [-0.15, -0.1) is 0 Å². The standard InChI is InChI=1S/C10H19O2/c1-9(7-12-8-11)5-6-10(2,3)4/h9H,5-7H2,1-4H3. The van der Waals surface area contributed by atoms with Gasteiger partial charge in [-0.05, 0) is 24.2 Å². The van der Waals surface area contributed by atoms with Gasteiger partial charge in [0.1, 0.15) is 0 Å². The molecule has 0 aliphatic carbocycles. The normalized spacial score (nSPS) is 14.0.